The van der Waals surface area contributed by atoms with Crippen molar-refractivity contribution in [1.29, 1.82) is 0 Å². The second-order valence-electron chi connectivity index (χ2n) is 4.57. The molecule has 118 valence electrons. The molecule has 0 bridgehead atoms. The summed E-state index contributed by atoms with van der Waals surface area (Å²) in [5.74, 6) is 1.22. The van der Waals surface area contributed by atoms with Gasteiger partial charge in [-0.15, -0.1) is 0 Å². The number of rotatable bonds is 5. The highest BCUT2D eigenvalue weighted by Crippen LogP contribution is 2.32. The number of H-pyrrole nitrogens is 1. The van der Waals surface area contributed by atoms with Crippen molar-refractivity contribution in [3.8, 4) is 22.9 Å². The number of fused-ring (bicyclic) bond motifs is 1. The molecule has 1 N–H and O–H groups in total. The van der Waals surface area contributed by atoms with Gasteiger partial charge in [-0.1, -0.05) is 0 Å². The molecule has 0 radical (unpaired) electrons. The highest BCUT2D eigenvalue weighted by Gasteiger charge is 2.13. The van der Waals surface area contributed by atoms with Crippen molar-refractivity contribution >= 4 is 17.1 Å². The van der Waals surface area contributed by atoms with E-state index in [0.717, 1.165) is 0 Å². The van der Waals surface area contributed by atoms with Gasteiger partial charge in [0, 0.05) is 0 Å². The molecule has 0 atom stereocenters. The van der Waals surface area contributed by atoms with Crippen LogP contribution in [-0.2, 0) is 9.53 Å². The average Bonchev–Trinajstić information content (AvgIpc) is 3.03. The van der Waals surface area contributed by atoms with Gasteiger partial charge in [-0.2, -0.15) is 0 Å². The molecule has 0 saturated heterocycles. The smallest absolute Gasteiger partial charge is 0.343 e. The van der Waals surface area contributed by atoms with Crippen LogP contribution < -0.4 is 9.47 Å². The number of hydrogen-bond donors (Lipinski definition) is 1. The number of methoxy groups -OCH3 is 2. The summed E-state index contributed by atoms with van der Waals surface area (Å²) in [5.41, 5.74) is 1.95. The zero-order valence-electron chi connectivity index (χ0n) is 12.6. The molecule has 23 heavy (non-hydrogen) atoms. The van der Waals surface area contributed by atoms with Crippen molar-refractivity contribution in [2.45, 2.75) is 0 Å². The van der Waals surface area contributed by atoms with Gasteiger partial charge >= 0.3 is 5.97 Å². The number of aromatic amines is 1. The third-order valence-electron chi connectivity index (χ3n) is 3.17. The lowest BCUT2D eigenvalue weighted by Gasteiger charge is -2.10. The van der Waals surface area contributed by atoms with E-state index in [2.05, 4.69) is 24.7 Å². The summed E-state index contributed by atoms with van der Waals surface area (Å²) in [6, 6.07) is 5.17. The predicted molar refractivity (Wildman–Crippen MR) is 81.2 cm³/mol. The van der Waals surface area contributed by atoms with Crippen molar-refractivity contribution in [3.63, 3.8) is 0 Å². The Balaban J connectivity index is 1.97. The first-order chi connectivity index (χ1) is 11.2. The topological polar surface area (TPSA) is 99.2 Å². The van der Waals surface area contributed by atoms with E-state index in [1.54, 1.807) is 31.5 Å². The molecule has 0 aliphatic carbocycles. The van der Waals surface area contributed by atoms with Gasteiger partial charge in [0.25, 0.3) is 0 Å². The number of imidazole rings is 1. The Morgan fingerprint density at radius 2 is 2.17 bits per heavy atom. The van der Waals surface area contributed by atoms with E-state index in [9.17, 15) is 4.79 Å². The Hall–Kier alpha value is -3.16. The predicted octanol–water partition coefficient (Wildman–Crippen LogP) is 1.58. The molecular weight excluding hydrogens is 300 g/mol. The summed E-state index contributed by atoms with van der Waals surface area (Å²) in [7, 11) is 2.87. The SMILES string of the molecule is COC(=O)COc1ccc(OC)c(-c2nc3cncnc3[nH]2)c1. The number of nitrogens with zero attached hydrogens (tertiary/aromatic N) is 3. The van der Waals surface area contributed by atoms with E-state index in [0.29, 0.717) is 34.1 Å². The van der Waals surface area contributed by atoms with Crippen LogP contribution in [0.4, 0.5) is 0 Å². The first-order valence-corrected chi connectivity index (χ1v) is 6.75. The molecule has 0 saturated carbocycles. The Morgan fingerprint density at radius 1 is 1.30 bits per heavy atom. The molecule has 0 aliphatic rings. The van der Waals surface area contributed by atoms with Gasteiger partial charge in [-0.3, -0.25) is 0 Å². The van der Waals surface area contributed by atoms with E-state index < -0.39 is 5.97 Å². The number of carbonyl (C=O) groups excluding carboxylic acids is 1. The third-order valence-corrected chi connectivity index (χ3v) is 3.17. The van der Waals surface area contributed by atoms with E-state index in [1.807, 2.05) is 0 Å². The third kappa shape index (κ3) is 3.05. The first kappa shape index (κ1) is 14.8. The quantitative estimate of drug-likeness (QED) is 0.714. The number of ether oxygens (including phenoxy) is 3. The van der Waals surface area contributed by atoms with Crippen LogP contribution in [0.3, 0.4) is 0 Å². The largest absolute Gasteiger partial charge is 0.496 e. The summed E-state index contributed by atoms with van der Waals surface area (Å²) in [4.78, 5) is 26.8. The first-order valence-electron chi connectivity index (χ1n) is 6.75. The van der Waals surface area contributed by atoms with Crippen LogP contribution >= 0.6 is 0 Å². The van der Waals surface area contributed by atoms with Crippen molar-refractivity contribution < 1.29 is 19.0 Å². The minimum Gasteiger partial charge on any atom is -0.496 e. The van der Waals surface area contributed by atoms with Crippen molar-refractivity contribution in [2.24, 2.45) is 0 Å². The van der Waals surface area contributed by atoms with Gasteiger partial charge in [0.05, 0.1) is 26.0 Å². The molecule has 3 aromatic rings. The van der Waals surface area contributed by atoms with Crippen LogP contribution in [-0.4, -0.2) is 46.7 Å². The van der Waals surface area contributed by atoms with Crippen LogP contribution in [0.2, 0.25) is 0 Å². The van der Waals surface area contributed by atoms with Gasteiger partial charge in [-0.05, 0) is 18.2 Å². The molecule has 1 aromatic carbocycles. The Morgan fingerprint density at radius 3 is 2.91 bits per heavy atom. The molecule has 0 spiro atoms. The van der Waals surface area contributed by atoms with Gasteiger partial charge < -0.3 is 19.2 Å². The number of aromatic nitrogens is 4. The van der Waals surface area contributed by atoms with Gasteiger partial charge in [0.2, 0.25) is 0 Å². The van der Waals surface area contributed by atoms with Crippen molar-refractivity contribution in [1.82, 2.24) is 19.9 Å². The number of nitrogens with one attached hydrogen (secondary N) is 1. The second kappa shape index (κ2) is 6.30. The highest BCUT2D eigenvalue weighted by atomic mass is 16.6. The summed E-state index contributed by atoms with van der Waals surface area (Å²) in [6.45, 7) is -0.173. The van der Waals surface area contributed by atoms with Crippen LogP contribution in [0.25, 0.3) is 22.6 Å². The maximum absolute atomic E-state index is 11.2. The minimum atomic E-state index is -0.457. The lowest BCUT2D eigenvalue weighted by Crippen LogP contribution is -2.12. The van der Waals surface area contributed by atoms with E-state index in [1.165, 1.54) is 13.4 Å². The molecule has 0 amide bonds. The maximum atomic E-state index is 11.2. The summed E-state index contributed by atoms with van der Waals surface area (Å²) < 4.78 is 15.3. The fourth-order valence-electron chi connectivity index (χ4n) is 2.05. The zero-order valence-corrected chi connectivity index (χ0v) is 12.6. The van der Waals surface area contributed by atoms with Crippen LogP contribution in [0, 0.1) is 0 Å². The minimum absolute atomic E-state index is 0.173. The Kier molecular flexibility index (Phi) is 4.05. The highest BCUT2D eigenvalue weighted by molar-refractivity contribution is 5.77. The Labute approximate surface area is 131 Å². The lowest BCUT2D eigenvalue weighted by atomic mass is 10.2. The van der Waals surface area contributed by atoms with Gasteiger partial charge in [0.1, 0.15) is 29.2 Å². The van der Waals surface area contributed by atoms with Gasteiger partial charge in [-0.25, -0.2) is 19.7 Å². The number of carbonyl (C=O) groups is 1. The van der Waals surface area contributed by atoms with Gasteiger partial charge in [0.15, 0.2) is 12.3 Å². The summed E-state index contributed by atoms with van der Waals surface area (Å²) in [5, 5.41) is 0. The molecule has 8 heteroatoms. The molecule has 0 aliphatic heterocycles. The van der Waals surface area contributed by atoms with Crippen LogP contribution in [0.1, 0.15) is 0 Å². The van der Waals surface area contributed by atoms with Crippen LogP contribution in [0.15, 0.2) is 30.7 Å². The molecule has 3 rings (SSSR count). The second-order valence-corrected chi connectivity index (χ2v) is 4.57. The standard InChI is InChI=1S/C15H14N4O4/c1-21-12-4-3-9(23-7-13(20)22-2)5-10(12)14-18-11-6-16-8-17-15(11)19-14/h3-6,8H,7H2,1-2H3,(H,16,17,18,19). The van der Waals surface area contributed by atoms with Crippen molar-refractivity contribution in [2.75, 3.05) is 20.8 Å². The Bertz CT molecular complexity index is 813. The normalized spacial score (nSPS) is 10.5. The molecule has 2 heterocycles. The van der Waals surface area contributed by atoms with Crippen molar-refractivity contribution in [3.05, 3.63) is 30.7 Å². The lowest BCUT2D eigenvalue weighted by molar-refractivity contribution is -0.142. The zero-order chi connectivity index (χ0) is 16.2. The summed E-state index contributed by atoms with van der Waals surface area (Å²) >= 11 is 0. The average molecular weight is 314 g/mol. The molecular formula is C15H14N4O4. The molecule has 2 aromatic heterocycles. The molecule has 0 fully saturated rings. The monoisotopic (exact) mass is 314 g/mol. The van der Waals surface area contributed by atoms with E-state index in [4.69, 9.17) is 9.47 Å². The number of hydrogen-bond acceptors (Lipinski definition) is 7. The van der Waals surface area contributed by atoms with E-state index in [-0.39, 0.29) is 6.61 Å². The molecule has 0 unspecified atom stereocenters. The number of benzene rings is 1. The fourth-order valence-corrected chi connectivity index (χ4v) is 2.05. The maximum Gasteiger partial charge on any atom is 0.343 e. The summed E-state index contributed by atoms with van der Waals surface area (Å²) in [6.07, 6.45) is 3.06. The number of esters is 1. The van der Waals surface area contributed by atoms with Crippen LogP contribution in [0.5, 0.6) is 11.5 Å². The van der Waals surface area contributed by atoms with E-state index >= 15 is 0 Å². The molecule has 8 nitrogen and oxygen atoms in total. The fraction of sp³-hybridized carbons (Fsp3) is 0.200.